The smallest absolute Gasteiger partial charge is 0.112 e. The quantitative estimate of drug-likeness (QED) is 0.853. The van der Waals surface area contributed by atoms with Crippen molar-refractivity contribution >= 4 is 17.0 Å². The molecule has 4 nitrogen and oxygen atoms in total. The highest BCUT2D eigenvalue weighted by Crippen LogP contribution is 2.20. The van der Waals surface area contributed by atoms with E-state index in [-0.39, 0.29) is 0 Å². The van der Waals surface area contributed by atoms with E-state index in [1.807, 2.05) is 6.92 Å². The van der Waals surface area contributed by atoms with Crippen molar-refractivity contribution in [1.82, 2.24) is 9.88 Å². The molecular formula is C18H25N3OS. The van der Waals surface area contributed by atoms with E-state index in [1.54, 1.807) is 11.3 Å². The molecule has 5 heteroatoms. The molecule has 2 N–H and O–H groups in total. The number of aromatic nitrogens is 1. The molecule has 0 radical (unpaired) electrons. The van der Waals surface area contributed by atoms with E-state index in [9.17, 15) is 5.11 Å². The number of hydrogen-bond acceptors (Lipinski definition) is 5. The van der Waals surface area contributed by atoms with Crippen LogP contribution in [0.5, 0.6) is 0 Å². The normalized spacial score (nSPS) is 16.6. The lowest BCUT2D eigenvalue weighted by atomic mass is 9.97. The fourth-order valence-corrected chi connectivity index (χ4v) is 3.74. The van der Waals surface area contributed by atoms with Crippen molar-refractivity contribution in [3.05, 3.63) is 45.9 Å². The van der Waals surface area contributed by atoms with Crippen LogP contribution in [0.15, 0.2) is 29.6 Å². The van der Waals surface area contributed by atoms with Gasteiger partial charge in [0.05, 0.1) is 6.54 Å². The second kappa shape index (κ2) is 7.90. The summed E-state index contributed by atoms with van der Waals surface area (Å²) in [5, 5.41) is 15.9. The van der Waals surface area contributed by atoms with Gasteiger partial charge in [-0.15, -0.1) is 11.3 Å². The van der Waals surface area contributed by atoms with E-state index in [4.69, 9.17) is 0 Å². The number of thiazole rings is 1. The fourth-order valence-electron chi connectivity index (χ4n) is 3.03. The molecule has 0 aliphatic carbocycles. The fraction of sp³-hybridized carbons (Fsp3) is 0.500. The summed E-state index contributed by atoms with van der Waals surface area (Å²) in [6, 6.07) is 8.66. The van der Waals surface area contributed by atoms with Crippen LogP contribution in [0.3, 0.4) is 0 Å². The number of hydrogen-bond donors (Lipinski definition) is 2. The number of piperidine rings is 1. The zero-order valence-electron chi connectivity index (χ0n) is 13.7. The van der Waals surface area contributed by atoms with Gasteiger partial charge in [0.25, 0.3) is 0 Å². The van der Waals surface area contributed by atoms with Gasteiger partial charge < -0.3 is 10.4 Å². The summed E-state index contributed by atoms with van der Waals surface area (Å²) in [6.45, 7) is 6.31. The van der Waals surface area contributed by atoms with Gasteiger partial charge in [0.1, 0.15) is 5.01 Å². The Hall–Kier alpha value is -1.43. The van der Waals surface area contributed by atoms with Gasteiger partial charge in [-0.1, -0.05) is 12.1 Å². The van der Waals surface area contributed by atoms with Crippen LogP contribution in [0.1, 0.15) is 29.1 Å². The van der Waals surface area contributed by atoms with Crippen molar-refractivity contribution in [2.24, 2.45) is 5.92 Å². The van der Waals surface area contributed by atoms with Crippen LogP contribution in [0.25, 0.3) is 0 Å². The third-order valence-corrected chi connectivity index (χ3v) is 5.38. The minimum atomic E-state index is 0.337. The molecule has 2 aromatic rings. The van der Waals surface area contributed by atoms with Gasteiger partial charge in [-0.25, -0.2) is 4.98 Å². The summed E-state index contributed by atoms with van der Waals surface area (Å²) in [6.07, 6.45) is 2.22. The molecule has 23 heavy (non-hydrogen) atoms. The molecule has 3 rings (SSSR count). The minimum Gasteiger partial charge on any atom is -0.396 e. The molecule has 1 aliphatic rings. The van der Waals surface area contributed by atoms with Crippen LogP contribution in [-0.2, 0) is 13.1 Å². The Morgan fingerprint density at radius 1 is 1.35 bits per heavy atom. The van der Waals surface area contributed by atoms with Gasteiger partial charge in [0.2, 0.25) is 0 Å². The number of benzene rings is 1. The highest BCUT2D eigenvalue weighted by atomic mass is 32.1. The van der Waals surface area contributed by atoms with E-state index in [0.717, 1.165) is 55.4 Å². The lowest BCUT2D eigenvalue weighted by Crippen LogP contribution is -2.34. The van der Waals surface area contributed by atoms with Gasteiger partial charge in [0, 0.05) is 29.9 Å². The average Bonchev–Trinajstić information content (AvgIpc) is 3.00. The molecule has 124 valence electrons. The molecule has 1 aromatic heterocycles. The lowest BCUT2D eigenvalue weighted by molar-refractivity contribution is 0.127. The first-order valence-corrected chi connectivity index (χ1v) is 9.18. The maximum Gasteiger partial charge on any atom is 0.112 e. The molecule has 0 spiro atoms. The summed E-state index contributed by atoms with van der Waals surface area (Å²) in [4.78, 5) is 6.97. The summed E-state index contributed by atoms with van der Waals surface area (Å²) < 4.78 is 0. The molecule has 1 saturated heterocycles. The maximum absolute atomic E-state index is 9.23. The van der Waals surface area contributed by atoms with Crippen molar-refractivity contribution in [1.29, 1.82) is 0 Å². The first kappa shape index (κ1) is 16.4. The standard InChI is InChI=1S/C18H25N3OS/c1-14-13-23-18(20-14)10-19-17-4-2-3-16(9-17)11-21-7-5-15(12-22)6-8-21/h2-4,9,13,15,19,22H,5-8,10-12H2,1H3. The number of anilines is 1. The topological polar surface area (TPSA) is 48.4 Å². The Bertz CT molecular complexity index is 620. The van der Waals surface area contributed by atoms with E-state index in [2.05, 4.69) is 44.8 Å². The van der Waals surface area contributed by atoms with Gasteiger partial charge in [0.15, 0.2) is 0 Å². The zero-order valence-corrected chi connectivity index (χ0v) is 14.5. The van der Waals surface area contributed by atoms with Gasteiger partial charge in [-0.05, 0) is 56.5 Å². The number of rotatable bonds is 6. The Morgan fingerprint density at radius 3 is 2.87 bits per heavy atom. The van der Waals surface area contributed by atoms with Crippen molar-refractivity contribution in [3.8, 4) is 0 Å². The second-order valence-electron chi connectivity index (χ2n) is 6.34. The number of aliphatic hydroxyl groups is 1. The molecule has 0 amide bonds. The largest absolute Gasteiger partial charge is 0.396 e. The van der Waals surface area contributed by atoms with Crippen LogP contribution >= 0.6 is 11.3 Å². The molecule has 1 aromatic carbocycles. The minimum absolute atomic E-state index is 0.337. The van der Waals surface area contributed by atoms with Crippen molar-refractivity contribution in [2.75, 3.05) is 25.0 Å². The number of nitrogens with zero attached hydrogens (tertiary/aromatic N) is 2. The third-order valence-electron chi connectivity index (χ3n) is 4.41. The predicted octanol–water partition coefficient (Wildman–Crippen LogP) is 3.27. The van der Waals surface area contributed by atoms with E-state index in [0.29, 0.717) is 12.5 Å². The molecule has 0 atom stereocenters. The highest BCUT2D eigenvalue weighted by molar-refractivity contribution is 7.09. The molecule has 0 bridgehead atoms. The first-order valence-electron chi connectivity index (χ1n) is 8.30. The van der Waals surface area contributed by atoms with Crippen molar-refractivity contribution in [2.45, 2.75) is 32.9 Å². The lowest BCUT2D eigenvalue weighted by Gasteiger charge is -2.31. The Morgan fingerprint density at radius 2 is 2.17 bits per heavy atom. The van der Waals surface area contributed by atoms with Gasteiger partial charge in [-0.2, -0.15) is 0 Å². The number of aryl methyl sites for hydroxylation is 1. The van der Waals surface area contributed by atoms with Crippen LogP contribution < -0.4 is 5.32 Å². The van der Waals surface area contributed by atoms with Crippen LogP contribution in [0.4, 0.5) is 5.69 Å². The van der Waals surface area contributed by atoms with Gasteiger partial charge >= 0.3 is 0 Å². The Balaban J connectivity index is 1.53. The molecular weight excluding hydrogens is 306 g/mol. The highest BCUT2D eigenvalue weighted by Gasteiger charge is 2.18. The number of aliphatic hydroxyl groups excluding tert-OH is 1. The third kappa shape index (κ3) is 4.77. The van der Waals surface area contributed by atoms with E-state index >= 15 is 0 Å². The number of likely N-dealkylation sites (tertiary alicyclic amines) is 1. The monoisotopic (exact) mass is 331 g/mol. The predicted molar refractivity (Wildman–Crippen MR) is 95.7 cm³/mol. The molecule has 2 heterocycles. The number of nitrogens with one attached hydrogen (secondary N) is 1. The Kier molecular flexibility index (Phi) is 5.65. The average molecular weight is 331 g/mol. The molecule has 0 saturated carbocycles. The zero-order chi connectivity index (χ0) is 16.1. The van der Waals surface area contributed by atoms with Crippen LogP contribution in [0, 0.1) is 12.8 Å². The van der Waals surface area contributed by atoms with Gasteiger partial charge in [-0.3, -0.25) is 4.90 Å². The summed E-state index contributed by atoms with van der Waals surface area (Å²) in [7, 11) is 0. The SMILES string of the molecule is Cc1csc(CNc2cccc(CN3CCC(CO)CC3)c2)n1. The molecule has 1 fully saturated rings. The summed E-state index contributed by atoms with van der Waals surface area (Å²) >= 11 is 1.70. The molecule has 1 aliphatic heterocycles. The van der Waals surface area contributed by atoms with E-state index < -0.39 is 0 Å². The van der Waals surface area contributed by atoms with Crippen LogP contribution in [0.2, 0.25) is 0 Å². The van der Waals surface area contributed by atoms with Crippen LogP contribution in [-0.4, -0.2) is 34.7 Å². The summed E-state index contributed by atoms with van der Waals surface area (Å²) in [5.41, 5.74) is 3.58. The summed E-state index contributed by atoms with van der Waals surface area (Å²) in [5.74, 6) is 0.501. The first-order chi connectivity index (χ1) is 11.2. The Labute approximate surface area is 142 Å². The van der Waals surface area contributed by atoms with E-state index in [1.165, 1.54) is 5.56 Å². The second-order valence-corrected chi connectivity index (χ2v) is 7.28. The molecule has 0 unspecified atom stereocenters. The van der Waals surface area contributed by atoms with Crippen molar-refractivity contribution < 1.29 is 5.11 Å². The maximum atomic E-state index is 9.23. The van der Waals surface area contributed by atoms with Crippen molar-refractivity contribution in [3.63, 3.8) is 0 Å².